The summed E-state index contributed by atoms with van der Waals surface area (Å²) in [5, 5.41) is 9.25. The van der Waals surface area contributed by atoms with E-state index in [9.17, 15) is 9.90 Å². The number of para-hydroxylation sites is 1. The van der Waals surface area contributed by atoms with E-state index in [0.29, 0.717) is 26.2 Å². The van der Waals surface area contributed by atoms with Gasteiger partial charge in [0.2, 0.25) is 0 Å². The molecule has 4 rings (SSSR count). The fraction of sp³-hybridized carbons (Fsp3) is 0.222. The molecule has 1 aliphatic heterocycles. The first-order valence-electron chi connectivity index (χ1n) is 10.7. The Morgan fingerprint density at radius 2 is 1.75 bits per heavy atom. The molecule has 1 atom stereocenters. The van der Waals surface area contributed by atoms with Gasteiger partial charge < -0.3 is 19.3 Å². The number of carboxylic acids is 1. The Bertz CT molecular complexity index is 1050. The number of carbonyl (C=O) groups is 1. The average Bonchev–Trinajstić information content (AvgIpc) is 2.97. The Morgan fingerprint density at radius 1 is 1.03 bits per heavy atom. The van der Waals surface area contributed by atoms with E-state index in [2.05, 4.69) is 24.3 Å². The minimum absolute atomic E-state index is 0.321. The van der Waals surface area contributed by atoms with E-state index in [1.165, 1.54) is 0 Å². The van der Waals surface area contributed by atoms with Crippen molar-refractivity contribution < 1.29 is 24.1 Å². The van der Waals surface area contributed by atoms with Crippen molar-refractivity contribution in [3.8, 4) is 11.5 Å². The summed E-state index contributed by atoms with van der Waals surface area (Å²) >= 11 is 0. The fourth-order valence-corrected chi connectivity index (χ4v) is 3.82. The second kappa shape index (κ2) is 10.2. The summed E-state index contributed by atoms with van der Waals surface area (Å²) in [6, 6.07) is 23.8. The van der Waals surface area contributed by atoms with Crippen molar-refractivity contribution in [3.63, 3.8) is 0 Å². The Morgan fingerprint density at radius 3 is 2.50 bits per heavy atom. The molecule has 5 nitrogen and oxygen atoms in total. The van der Waals surface area contributed by atoms with Gasteiger partial charge in [-0.05, 0) is 53.5 Å². The van der Waals surface area contributed by atoms with Gasteiger partial charge in [-0.25, -0.2) is 4.79 Å². The van der Waals surface area contributed by atoms with Crippen LogP contribution >= 0.6 is 0 Å². The van der Waals surface area contributed by atoms with Gasteiger partial charge in [-0.1, -0.05) is 54.6 Å². The summed E-state index contributed by atoms with van der Waals surface area (Å²) in [4.78, 5) is 11.3. The van der Waals surface area contributed by atoms with E-state index < -0.39 is 12.1 Å². The maximum Gasteiger partial charge on any atom is 0.333 e. The highest BCUT2D eigenvalue weighted by Gasteiger charge is 2.19. The molecule has 0 fully saturated rings. The predicted molar refractivity (Wildman–Crippen MR) is 123 cm³/mol. The van der Waals surface area contributed by atoms with Crippen LogP contribution in [0.4, 0.5) is 0 Å². The number of benzene rings is 3. The summed E-state index contributed by atoms with van der Waals surface area (Å²) in [6.07, 6.45) is 1.56. The molecular weight excluding hydrogens is 404 g/mol. The van der Waals surface area contributed by atoms with Crippen LogP contribution < -0.4 is 9.47 Å². The normalized spacial score (nSPS) is 14.6. The molecule has 1 aliphatic rings. The lowest BCUT2D eigenvalue weighted by atomic mass is 9.94. The molecule has 5 heteroatoms. The zero-order chi connectivity index (χ0) is 22.3. The Labute approximate surface area is 187 Å². The van der Waals surface area contributed by atoms with E-state index in [1.807, 2.05) is 54.6 Å². The predicted octanol–water partition coefficient (Wildman–Crippen LogP) is 5.12. The molecule has 164 valence electrons. The Kier molecular flexibility index (Phi) is 6.87. The zero-order valence-corrected chi connectivity index (χ0v) is 18.0. The molecule has 0 bridgehead atoms. The summed E-state index contributed by atoms with van der Waals surface area (Å²) in [7, 11) is 0. The van der Waals surface area contributed by atoms with Crippen molar-refractivity contribution in [2.75, 3.05) is 13.2 Å². The quantitative estimate of drug-likeness (QED) is 0.537. The number of aliphatic carboxylic acids is 1. The largest absolute Gasteiger partial charge is 0.490 e. The minimum Gasteiger partial charge on any atom is -0.490 e. The standard InChI is InChI=1S/C27H26O5/c1-2-30-26(27(28)29)17-19-11-13-21(14-12-19)31-16-15-23-22-8-4-3-7-20(22)18-32-25-10-6-5-9-24(23)25/h3-15,26H,2,16-18H2,1H3,(H,28,29). The van der Waals surface area contributed by atoms with Crippen LogP contribution in [0.15, 0.2) is 78.9 Å². The molecule has 1 N–H and O–H groups in total. The number of ether oxygens (including phenoxy) is 3. The average molecular weight is 431 g/mol. The summed E-state index contributed by atoms with van der Waals surface area (Å²) in [5.74, 6) is 0.633. The third-order valence-corrected chi connectivity index (χ3v) is 5.39. The maximum atomic E-state index is 11.3. The van der Waals surface area contributed by atoms with Crippen LogP contribution in [-0.2, 0) is 22.6 Å². The highest BCUT2D eigenvalue weighted by atomic mass is 16.5. The van der Waals surface area contributed by atoms with Crippen LogP contribution in [0.25, 0.3) is 5.57 Å². The first-order chi connectivity index (χ1) is 15.7. The van der Waals surface area contributed by atoms with Crippen molar-refractivity contribution in [1.29, 1.82) is 0 Å². The molecular formula is C27H26O5. The van der Waals surface area contributed by atoms with Crippen LogP contribution in [0.5, 0.6) is 11.5 Å². The van der Waals surface area contributed by atoms with E-state index in [1.54, 1.807) is 6.92 Å². The molecule has 3 aromatic rings. The molecule has 32 heavy (non-hydrogen) atoms. The second-order valence-corrected chi connectivity index (χ2v) is 7.50. The van der Waals surface area contributed by atoms with Gasteiger partial charge in [0.25, 0.3) is 0 Å². The van der Waals surface area contributed by atoms with Crippen molar-refractivity contribution in [1.82, 2.24) is 0 Å². The number of rotatable bonds is 8. The van der Waals surface area contributed by atoms with Crippen molar-refractivity contribution in [2.24, 2.45) is 0 Å². The lowest BCUT2D eigenvalue weighted by molar-refractivity contribution is -0.149. The van der Waals surface area contributed by atoms with Crippen molar-refractivity contribution in [3.05, 3.63) is 101 Å². The van der Waals surface area contributed by atoms with Crippen molar-refractivity contribution in [2.45, 2.75) is 26.1 Å². The molecule has 0 aliphatic carbocycles. The van der Waals surface area contributed by atoms with E-state index in [0.717, 1.165) is 39.3 Å². The highest BCUT2D eigenvalue weighted by molar-refractivity contribution is 5.85. The van der Waals surface area contributed by atoms with Gasteiger partial charge in [0.1, 0.15) is 24.7 Å². The molecule has 0 aromatic heterocycles. The Balaban J connectivity index is 1.49. The third kappa shape index (κ3) is 5.01. The van der Waals surface area contributed by atoms with Crippen molar-refractivity contribution >= 4 is 11.5 Å². The highest BCUT2D eigenvalue weighted by Crippen LogP contribution is 2.36. The molecule has 0 spiro atoms. The van der Waals surface area contributed by atoms with E-state index in [4.69, 9.17) is 14.2 Å². The summed E-state index contributed by atoms with van der Waals surface area (Å²) < 4.78 is 17.3. The zero-order valence-electron chi connectivity index (χ0n) is 18.0. The summed E-state index contributed by atoms with van der Waals surface area (Å²) in [5.41, 5.74) is 5.31. The summed E-state index contributed by atoms with van der Waals surface area (Å²) in [6.45, 7) is 3.09. The monoisotopic (exact) mass is 430 g/mol. The van der Waals surface area contributed by atoms with Gasteiger partial charge >= 0.3 is 5.97 Å². The van der Waals surface area contributed by atoms with Gasteiger partial charge in [0.15, 0.2) is 6.10 Å². The van der Waals surface area contributed by atoms with Gasteiger partial charge in [-0.2, -0.15) is 0 Å². The van der Waals surface area contributed by atoms with Gasteiger partial charge in [0, 0.05) is 18.6 Å². The fourth-order valence-electron chi connectivity index (χ4n) is 3.82. The van der Waals surface area contributed by atoms with Gasteiger partial charge in [0.05, 0.1) is 0 Å². The molecule has 0 radical (unpaired) electrons. The number of carboxylic acid groups (broad SMARTS) is 1. The first kappa shape index (κ1) is 21.7. The topological polar surface area (TPSA) is 65.0 Å². The molecule has 0 saturated carbocycles. The molecule has 1 unspecified atom stereocenters. The first-order valence-corrected chi connectivity index (χ1v) is 10.7. The van der Waals surface area contributed by atoms with Crippen LogP contribution in [0.3, 0.4) is 0 Å². The Hall–Kier alpha value is -3.57. The van der Waals surface area contributed by atoms with Crippen LogP contribution in [0.1, 0.15) is 29.2 Å². The third-order valence-electron chi connectivity index (χ3n) is 5.39. The van der Waals surface area contributed by atoms with Gasteiger partial charge in [-0.3, -0.25) is 0 Å². The number of fused-ring (bicyclic) bond motifs is 2. The van der Waals surface area contributed by atoms with Crippen LogP contribution in [0, 0.1) is 0 Å². The smallest absolute Gasteiger partial charge is 0.333 e. The van der Waals surface area contributed by atoms with Crippen LogP contribution in [-0.4, -0.2) is 30.4 Å². The van der Waals surface area contributed by atoms with Gasteiger partial charge in [-0.15, -0.1) is 0 Å². The molecule has 1 heterocycles. The second-order valence-electron chi connectivity index (χ2n) is 7.50. The lowest BCUT2D eigenvalue weighted by Gasteiger charge is -2.13. The van der Waals surface area contributed by atoms with Crippen LogP contribution in [0.2, 0.25) is 0 Å². The molecule has 0 amide bonds. The van der Waals surface area contributed by atoms with E-state index in [-0.39, 0.29) is 0 Å². The lowest BCUT2D eigenvalue weighted by Crippen LogP contribution is -2.26. The minimum atomic E-state index is -0.952. The SMILES string of the molecule is CCOC(Cc1ccc(OCC=C2c3ccccc3COc3ccccc32)cc1)C(=O)O. The molecule has 3 aromatic carbocycles. The number of hydrogen-bond acceptors (Lipinski definition) is 4. The maximum absolute atomic E-state index is 11.3. The van der Waals surface area contributed by atoms with E-state index >= 15 is 0 Å². The molecule has 0 saturated heterocycles. The number of hydrogen-bond donors (Lipinski definition) is 1.